The normalized spacial score (nSPS) is 21.4. The summed E-state index contributed by atoms with van der Waals surface area (Å²) in [4.78, 5) is 10.9. The summed E-state index contributed by atoms with van der Waals surface area (Å²) in [6.07, 6.45) is 2.79. The smallest absolute Gasteiger partial charge is 0.160 e. The van der Waals surface area contributed by atoms with E-state index in [-0.39, 0.29) is 6.10 Å². The van der Waals surface area contributed by atoms with Crippen LogP contribution in [0.25, 0.3) is 0 Å². The van der Waals surface area contributed by atoms with Gasteiger partial charge in [-0.3, -0.25) is 4.90 Å². The molecule has 1 saturated heterocycles. The molecule has 1 aromatic rings. The predicted molar refractivity (Wildman–Crippen MR) is 65.3 cm³/mol. The van der Waals surface area contributed by atoms with Crippen molar-refractivity contribution in [1.82, 2.24) is 14.9 Å². The summed E-state index contributed by atoms with van der Waals surface area (Å²) in [5.74, 6) is 6.64. The number of aromatic nitrogens is 2. The van der Waals surface area contributed by atoms with Crippen LogP contribution in [-0.4, -0.2) is 41.1 Å². The third-order valence-electron chi connectivity index (χ3n) is 2.80. The molecule has 0 aromatic carbocycles. The van der Waals surface area contributed by atoms with Gasteiger partial charge in [0.15, 0.2) is 5.82 Å². The summed E-state index contributed by atoms with van der Waals surface area (Å²) in [5.41, 5.74) is 2.52. The van der Waals surface area contributed by atoms with Crippen molar-refractivity contribution >= 4 is 5.82 Å². The lowest BCUT2D eigenvalue weighted by Crippen LogP contribution is -2.39. The maximum absolute atomic E-state index is 5.70. The molecule has 0 saturated carbocycles. The van der Waals surface area contributed by atoms with Crippen molar-refractivity contribution < 1.29 is 4.74 Å². The van der Waals surface area contributed by atoms with E-state index in [1.165, 1.54) is 0 Å². The number of nitrogen functional groups attached to an aromatic ring is 1. The summed E-state index contributed by atoms with van der Waals surface area (Å²) in [6, 6.07) is 1.73. The Balaban J connectivity index is 2.05. The Morgan fingerprint density at radius 2 is 2.53 bits per heavy atom. The lowest BCUT2D eigenvalue weighted by molar-refractivity contribution is -0.0341. The van der Waals surface area contributed by atoms with Crippen LogP contribution in [-0.2, 0) is 4.74 Å². The number of morpholine rings is 1. The third-order valence-corrected chi connectivity index (χ3v) is 2.80. The molecule has 2 heterocycles. The molecule has 0 amide bonds. The quantitative estimate of drug-likeness (QED) is 0.588. The standard InChI is InChI=1S/C11H19N5O/c1-2-5-16-6-7-17-9(8-16)11-13-4-3-10(14-11)15-12/h3-4,9H,2,5-8,12H2,1H3,(H,13,14,15). The van der Waals surface area contributed by atoms with Crippen molar-refractivity contribution in [2.75, 3.05) is 31.7 Å². The fourth-order valence-corrected chi connectivity index (χ4v) is 1.99. The molecule has 6 nitrogen and oxygen atoms in total. The Bertz CT molecular complexity index is 357. The molecular weight excluding hydrogens is 218 g/mol. The van der Waals surface area contributed by atoms with Gasteiger partial charge in [0.25, 0.3) is 0 Å². The van der Waals surface area contributed by atoms with Crippen LogP contribution in [0.15, 0.2) is 12.3 Å². The first-order valence-electron chi connectivity index (χ1n) is 5.97. The zero-order valence-corrected chi connectivity index (χ0v) is 10.1. The second-order valence-corrected chi connectivity index (χ2v) is 4.10. The molecular formula is C11H19N5O. The highest BCUT2D eigenvalue weighted by Gasteiger charge is 2.23. The average Bonchev–Trinajstić information content (AvgIpc) is 2.40. The number of nitrogens with zero attached hydrogens (tertiary/aromatic N) is 3. The number of anilines is 1. The van der Waals surface area contributed by atoms with Crippen LogP contribution >= 0.6 is 0 Å². The summed E-state index contributed by atoms with van der Waals surface area (Å²) in [7, 11) is 0. The van der Waals surface area contributed by atoms with Crippen LogP contribution in [0, 0.1) is 0 Å². The van der Waals surface area contributed by atoms with Gasteiger partial charge >= 0.3 is 0 Å². The fourth-order valence-electron chi connectivity index (χ4n) is 1.99. The maximum Gasteiger partial charge on any atom is 0.160 e. The van der Waals surface area contributed by atoms with Crippen molar-refractivity contribution in [2.24, 2.45) is 5.84 Å². The van der Waals surface area contributed by atoms with Crippen LogP contribution in [0.5, 0.6) is 0 Å². The van der Waals surface area contributed by atoms with Gasteiger partial charge in [-0.2, -0.15) is 0 Å². The predicted octanol–water partition coefficient (Wildman–Crippen LogP) is 0.545. The monoisotopic (exact) mass is 237 g/mol. The van der Waals surface area contributed by atoms with Gasteiger partial charge in [0, 0.05) is 25.4 Å². The second-order valence-electron chi connectivity index (χ2n) is 4.10. The molecule has 94 valence electrons. The van der Waals surface area contributed by atoms with E-state index in [0.29, 0.717) is 11.6 Å². The van der Waals surface area contributed by atoms with Gasteiger partial charge in [0.05, 0.1) is 6.61 Å². The first-order valence-corrected chi connectivity index (χ1v) is 5.97. The van der Waals surface area contributed by atoms with E-state index in [1.807, 2.05) is 0 Å². The number of ether oxygens (including phenoxy) is 1. The number of nitrogens with one attached hydrogen (secondary N) is 1. The van der Waals surface area contributed by atoms with Crippen LogP contribution in [0.3, 0.4) is 0 Å². The summed E-state index contributed by atoms with van der Waals surface area (Å²) < 4.78 is 5.70. The van der Waals surface area contributed by atoms with Gasteiger partial charge < -0.3 is 10.2 Å². The molecule has 1 aromatic heterocycles. The van der Waals surface area contributed by atoms with Crippen molar-refractivity contribution in [3.63, 3.8) is 0 Å². The Kier molecular flexibility index (Phi) is 4.24. The van der Waals surface area contributed by atoms with Crippen molar-refractivity contribution in [3.8, 4) is 0 Å². The number of hydrogen-bond acceptors (Lipinski definition) is 6. The third kappa shape index (κ3) is 3.12. The second kappa shape index (κ2) is 5.90. The first-order chi connectivity index (χ1) is 8.33. The minimum absolute atomic E-state index is 0.0522. The highest BCUT2D eigenvalue weighted by atomic mass is 16.5. The summed E-state index contributed by atoms with van der Waals surface area (Å²) in [5, 5.41) is 0. The Morgan fingerprint density at radius 1 is 1.65 bits per heavy atom. The lowest BCUT2D eigenvalue weighted by Gasteiger charge is -2.31. The molecule has 6 heteroatoms. The molecule has 2 rings (SSSR count). The van der Waals surface area contributed by atoms with E-state index >= 15 is 0 Å². The first kappa shape index (κ1) is 12.2. The maximum atomic E-state index is 5.70. The molecule has 0 aliphatic carbocycles. The highest BCUT2D eigenvalue weighted by Crippen LogP contribution is 2.19. The summed E-state index contributed by atoms with van der Waals surface area (Å²) >= 11 is 0. The number of hydrazine groups is 1. The van der Waals surface area contributed by atoms with Gasteiger partial charge in [-0.05, 0) is 13.0 Å². The largest absolute Gasteiger partial charge is 0.368 e. The molecule has 0 spiro atoms. The fraction of sp³-hybridized carbons (Fsp3) is 0.636. The molecule has 17 heavy (non-hydrogen) atoms. The Hall–Kier alpha value is -1.24. The zero-order chi connectivity index (χ0) is 12.1. The van der Waals surface area contributed by atoms with E-state index < -0.39 is 0 Å². The molecule has 1 aliphatic rings. The molecule has 1 fully saturated rings. The lowest BCUT2D eigenvalue weighted by atomic mass is 10.2. The highest BCUT2D eigenvalue weighted by molar-refractivity contribution is 5.31. The summed E-state index contributed by atoms with van der Waals surface area (Å²) in [6.45, 7) is 5.84. The van der Waals surface area contributed by atoms with Crippen LogP contribution in [0.1, 0.15) is 25.3 Å². The topological polar surface area (TPSA) is 76.3 Å². The van der Waals surface area contributed by atoms with E-state index in [4.69, 9.17) is 10.6 Å². The molecule has 1 aliphatic heterocycles. The van der Waals surface area contributed by atoms with E-state index in [9.17, 15) is 0 Å². The van der Waals surface area contributed by atoms with Crippen LogP contribution in [0.2, 0.25) is 0 Å². The van der Waals surface area contributed by atoms with Crippen molar-refractivity contribution in [2.45, 2.75) is 19.4 Å². The minimum Gasteiger partial charge on any atom is -0.368 e. The number of rotatable bonds is 4. The number of nitrogens with two attached hydrogens (primary N) is 1. The molecule has 0 bridgehead atoms. The van der Waals surface area contributed by atoms with Crippen LogP contribution in [0.4, 0.5) is 5.82 Å². The molecule has 1 atom stereocenters. The van der Waals surface area contributed by atoms with Gasteiger partial charge in [-0.15, -0.1) is 0 Å². The van der Waals surface area contributed by atoms with Gasteiger partial charge in [0.1, 0.15) is 11.9 Å². The molecule has 3 N–H and O–H groups in total. The average molecular weight is 237 g/mol. The van der Waals surface area contributed by atoms with Crippen molar-refractivity contribution in [1.29, 1.82) is 0 Å². The van der Waals surface area contributed by atoms with Crippen molar-refractivity contribution in [3.05, 3.63) is 18.1 Å². The zero-order valence-electron chi connectivity index (χ0n) is 10.1. The molecule has 1 unspecified atom stereocenters. The number of hydrogen-bond donors (Lipinski definition) is 2. The van der Waals surface area contributed by atoms with Crippen LogP contribution < -0.4 is 11.3 Å². The Labute approximate surface area is 101 Å². The molecule has 0 radical (unpaired) electrons. The Morgan fingerprint density at radius 3 is 3.29 bits per heavy atom. The van der Waals surface area contributed by atoms with E-state index in [0.717, 1.165) is 32.7 Å². The minimum atomic E-state index is -0.0522. The van der Waals surface area contributed by atoms with E-state index in [1.54, 1.807) is 12.3 Å². The van der Waals surface area contributed by atoms with E-state index in [2.05, 4.69) is 27.2 Å². The van der Waals surface area contributed by atoms with Gasteiger partial charge in [-0.1, -0.05) is 6.92 Å². The van der Waals surface area contributed by atoms with Gasteiger partial charge in [-0.25, -0.2) is 15.8 Å². The van der Waals surface area contributed by atoms with Gasteiger partial charge in [0.2, 0.25) is 0 Å². The SMILES string of the molecule is CCCN1CCOC(c2nccc(NN)n2)C1.